The Bertz CT molecular complexity index is 276. The van der Waals surface area contributed by atoms with Crippen molar-refractivity contribution < 1.29 is 4.74 Å². The van der Waals surface area contributed by atoms with Crippen LogP contribution in [0.1, 0.15) is 17.3 Å². The molecule has 2 heterocycles. The van der Waals surface area contributed by atoms with Crippen molar-refractivity contribution >= 4 is 15.9 Å². The third-order valence-electron chi connectivity index (χ3n) is 1.99. The molecule has 64 valence electrons. The average molecular weight is 228 g/mol. The van der Waals surface area contributed by atoms with Crippen molar-refractivity contribution in [2.75, 3.05) is 13.2 Å². The Morgan fingerprint density at radius 2 is 2.25 bits per heavy atom. The summed E-state index contributed by atoms with van der Waals surface area (Å²) in [4.78, 5) is 4.45. The van der Waals surface area contributed by atoms with Crippen LogP contribution in [0.3, 0.4) is 0 Å². The van der Waals surface area contributed by atoms with Crippen LogP contribution >= 0.6 is 15.9 Å². The highest BCUT2D eigenvalue weighted by Crippen LogP contribution is 2.24. The highest BCUT2D eigenvalue weighted by molar-refractivity contribution is 9.10. The molecule has 0 saturated carbocycles. The van der Waals surface area contributed by atoms with Gasteiger partial charge in [0.15, 0.2) is 0 Å². The van der Waals surface area contributed by atoms with Crippen LogP contribution in [0.4, 0.5) is 0 Å². The molecular formula is C9H10BrNO. The molecule has 12 heavy (non-hydrogen) atoms. The molecular weight excluding hydrogens is 218 g/mol. The van der Waals surface area contributed by atoms with Gasteiger partial charge in [-0.2, -0.15) is 0 Å². The number of aromatic nitrogens is 1. The number of hydrogen-bond acceptors (Lipinski definition) is 2. The molecule has 1 aliphatic rings. The predicted molar refractivity (Wildman–Crippen MR) is 50.2 cm³/mol. The molecule has 0 aliphatic carbocycles. The van der Waals surface area contributed by atoms with Crippen LogP contribution in [0.2, 0.25) is 0 Å². The molecule has 2 rings (SSSR count). The van der Waals surface area contributed by atoms with E-state index in [1.165, 1.54) is 0 Å². The van der Waals surface area contributed by atoms with Gasteiger partial charge in [0.1, 0.15) is 0 Å². The number of nitrogens with zero attached hydrogens (tertiary/aromatic N) is 1. The summed E-state index contributed by atoms with van der Waals surface area (Å²) in [5, 5.41) is 0. The van der Waals surface area contributed by atoms with E-state index in [0.29, 0.717) is 5.92 Å². The Labute approximate surface area is 80.1 Å². The number of hydrogen-bond donors (Lipinski definition) is 0. The van der Waals surface area contributed by atoms with Gasteiger partial charge in [-0.1, -0.05) is 15.9 Å². The fourth-order valence-electron chi connectivity index (χ4n) is 1.27. The SMILES string of the molecule is Cc1cc(Br)cc(C2COC2)n1. The summed E-state index contributed by atoms with van der Waals surface area (Å²) >= 11 is 3.45. The molecule has 1 aliphatic heterocycles. The molecule has 0 spiro atoms. The van der Waals surface area contributed by atoms with Gasteiger partial charge in [-0.25, -0.2) is 0 Å². The molecule has 1 saturated heterocycles. The lowest BCUT2D eigenvalue weighted by molar-refractivity contribution is 0.00664. The minimum absolute atomic E-state index is 0.515. The van der Waals surface area contributed by atoms with Crippen molar-refractivity contribution in [3.05, 3.63) is 28.0 Å². The molecule has 1 fully saturated rings. The standard InChI is InChI=1S/C9H10BrNO/c1-6-2-8(10)3-9(11-6)7-4-12-5-7/h2-3,7H,4-5H2,1H3. The molecule has 0 N–H and O–H groups in total. The topological polar surface area (TPSA) is 22.1 Å². The molecule has 0 amide bonds. The summed E-state index contributed by atoms with van der Waals surface area (Å²) in [6.45, 7) is 3.65. The monoisotopic (exact) mass is 227 g/mol. The van der Waals surface area contributed by atoms with E-state index in [-0.39, 0.29) is 0 Å². The Kier molecular flexibility index (Phi) is 2.15. The van der Waals surface area contributed by atoms with Gasteiger partial charge >= 0.3 is 0 Å². The van der Waals surface area contributed by atoms with E-state index in [0.717, 1.165) is 29.1 Å². The molecule has 1 aromatic rings. The third-order valence-corrected chi connectivity index (χ3v) is 2.45. The third kappa shape index (κ3) is 1.52. The van der Waals surface area contributed by atoms with E-state index in [4.69, 9.17) is 4.74 Å². The Hall–Kier alpha value is -0.410. The van der Waals surface area contributed by atoms with E-state index in [1.54, 1.807) is 0 Å². The minimum Gasteiger partial charge on any atom is -0.380 e. The fourth-order valence-corrected chi connectivity index (χ4v) is 1.83. The van der Waals surface area contributed by atoms with Crippen LogP contribution in [0.5, 0.6) is 0 Å². The zero-order valence-corrected chi connectivity index (χ0v) is 8.47. The maximum atomic E-state index is 5.11. The van der Waals surface area contributed by atoms with Crippen LogP contribution < -0.4 is 0 Å². The summed E-state index contributed by atoms with van der Waals surface area (Å²) in [5.74, 6) is 0.515. The maximum absolute atomic E-state index is 5.11. The smallest absolute Gasteiger partial charge is 0.0572 e. The highest BCUT2D eigenvalue weighted by Gasteiger charge is 2.22. The largest absolute Gasteiger partial charge is 0.380 e. The van der Waals surface area contributed by atoms with Crippen LogP contribution in [0, 0.1) is 6.92 Å². The lowest BCUT2D eigenvalue weighted by Crippen LogP contribution is -2.26. The number of rotatable bonds is 1. The van der Waals surface area contributed by atoms with Crippen molar-refractivity contribution in [2.24, 2.45) is 0 Å². The molecule has 2 nitrogen and oxygen atoms in total. The first-order valence-electron chi connectivity index (χ1n) is 3.97. The van der Waals surface area contributed by atoms with Crippen molar-refractivity contribution in [1.29, 1.82) is 0 Å². The van der Waals surface area contributed by atoms with Crippen molar-refractivity contribution in [1.82, 2.24) is 4.98 Å². The van der Waals surface area contributed by atoms with Crippen molar-refractivity contribution in [3.8, 4) is 0 Å². The van der Waals surface area contributed by atoms with Gasteiger partial charge in [0.25, 0.3) is 0 Å². The molecule has 0 atom stereocenters. The molecule has 0 radical (unpaired) electrons. The molecule has 3 heteroatoms. The maximum Gasteiger partial charge on any atom is 0.0572 e. The van der Waals surface area contributed by atoms with E-state index >= 15 is 0 Å². The Morgan fingerprint density at radius 1 is 1.50 bits per heavy atom. The first kappa shape index (κ1) is 8.20. The highest BCUT2D eigenvalue weighted by atomic mass is 79.9. The van der Waals surface area contributed by atoms with E-state index in [1.807, 2.05) is 13.0 Å². The van der Waals surface area contributed by atoms with Gasteiger partial charge in [0, 0.05) is 21.8 Å². The van der Waals surface area contributed by atoms with Gasteiger partial charge < -0.3 is 4.74 Å². The van der Waals surface area contributed by atoms with E-state index < -0.39 is 0 Å². The van der Waals surface area contributed by atoms with Crippen LogP contribution in [0.15, 0.2) is 16.6 Å². The summed E-state index contributed by atoms with van der Waals surface area (Å²) in [6, 6.07) is 4.09. The fraction of sp³-hybridized carbons (Fsp3) is 0.444. The summed E-state index contributed by atoms with van der Waals surface area (Å²) in [7, 11) is 0. The normalized spacial score (nSPS) is 17.5. The van der Waals surface area contributed by atoms with E-state index in [9.17, 15) is 0 Å². The predicted octanol–water partition coefficient (Wildman–Crippen LogP) is 2.27. The summed E-state index contributed by atoms with van der Waals surface area (Å²) in [6.07, 6.45) is 0. The van der Waals surface area contributed by atoms with E-state index in [2.05, 4.69) is 27.0 Å². The zero-order valence-electron chi connectivity index (χ0n) is 6.88. The quantitative estimate of drug-likeness (QED) is 0.735. The van der Waals surface area contributed by atoms with Crippen LogP contribution in [-0.4, -0.2) is 18.2 Å². The van der Waals surface area contributed by atoms with Gasteiger partial charge in [-0.15, -0.1) is 0 Å². The van der Waals surface area contributed by atoms with Gasteiger partial charge in [-0.3, -0.25) is 4.98 Å². The molecule has 0 unspecified atom stereocenters. The molecule has 1 aromatic heterocycles. The molecule has 0 bridgehead atoms. The van der Waals surface area contributed by atoms with Gasteiger partial charge in [0.05, 0.1) is 13.2 Å². The minimum atomic E-state index is 0.515. The van der Waals surface area contributed by atoms with Gasteiger partial charge in [0.2, 0.25) is 0 Å². The number of ether oxygens (including phenoxy) is 1. The summed E-state index contributed by atoms with van der Waals surface area (Å²) in [5.41, 5.74) is 2.21. The number of halogens is 1. The van der Waals surface area contributed by atoms with Crippen LogP contribution in [0.25, 0.3) is 0 Å². The summed E-state index contributed by atoms with van der Waals surface area (Å²) < 4.78 is 6.22. The average Bonchev–Trinajstić information content (AvgIpc) is 1.79. The number of pyridine rings is 1. The first-order valence-corrected chi connectivity index (χ1v) is 4.77. The second-order valence-electron chi connectivity index (χ2n) is 3.09. The van der Waals surface area contributed by atoms with Gasteiger partial charge in [-0.05, 0) is 19.1 Å². The molecule has 0 aromatic carbocycles. The second-order valence-corrected chi connectivity index (χ2v) is 4.00. The Balaban J connectivity index is 2.30. The zero-order chi connectivity index (χ0) is 8.55. The Morgan fingerprint density at radius 3 is 2.75 bits per heavy atom. The van der Waals surface area contributed by atoms with Crippen molar-refractivity contribution in [3.63, 3.8) is 0 Å². The van der Waals surface area contributed by atoms with Crippen LogP contribution in [-0.2, 0) is 4.74 Å². The first-order chi connectivity index (χ1) is 5.75. The lowest BCUT2D eigenvalue weighted by atomic mass is 10.0. The van der Waals surface area contributed by atoms with Crippen molar-refractivity contribution in [2.45, 2.75) is 12.8 Å². The number of aryl methyl sites for hydroxylation is 1. The lowest BCUT2D eigenvalue weighted by Gasteiger charge is -2.25. The second kappa shape index (κ2) is 3.15.